The van der Waals surface area contributed by atoms with Crippen molar-refractivity contribution < 1.29 is 14.7 Å². The summed E-state index contributed by atoms with van der Waals surface area (Å²) in [7, 11) is 1.65. The van der Waals surface area contributed by atoms with Crippen LogP contribution in [0.5, 0.6) is 0 Å². The highest BCUT2D eigenvalue weighted by Crippen LogP contribution is 2.38. The molecule has 2 amide bonds. The normalized spacial score (nSPS) is 26.6. The van der Waals surface area contributed by atoms with E-state index in [2.05, 4.69) is 26.1 Å². The average molecular weight is 284 g/mol. The fraction of sp³-hybridized carbons (Fsp3) is 0.867. The third-order valence-corrected chi connectivity index (χ3v) is 4.32. The standard InChI is InChI=1S/C15H28N2O3/c1-10-8-15(3,4)7-6-12(10)16-14(20)17(5)9-11(2)13(18)19/h10-12H,6-9H2,1-5H3,(H,16,20)(H,18,19). The SMILES string of the molecule is CC(CN(C)C(=O)NC1CCC(C)(C)CC1C)C(=O)O. The van der Waals surface area contributed by atoms with Crippen LogP contribution in [-0.2, 0) is 4.79 Å². The zero-order valence-corrected chi connectivity index (χ0v) is 13.3. The minimum absolute atomic E-state index is 0.172. The largest absolute Gasteiger partial charge is 0.481 e. The maximum atomic E-state index is 12.1. The Morgan fingerprint density at radius 2 is 2.05 bits per heavy atom. The molecule has 5 heteroatoms. The molecule has 0 saturated heterocycles. The molecule has 2 N–H and O–H groups in total. The van der Waals surface area contributed by atoms with Gasteiger partial charge < -0.3 is 15.3 Å². The summed E-state index contributed by atoms with van der Waals surface area (Å²) >= 11 is 0. The lowest BCUT2D eigenvalue weighted by atomic mass is 9.70. The molecule has 20 heavy (non-hydrogen) atoms. The summed E-state index contributed by atoms with van der Waals surface area (Å²) in [5.41, 5.74) is 0.352. The highest BCUT2D eigenvalue weighted by atomic mass is 16.4. The maximum Gasteiger partial charge on any atom is 0.317 e. The van der Waals surface area contributed by atoms with Gasteiger partial charge in [-0.05, 0) is 30.6 Å². The lowest BCUT2D eigenvalue weighted by molar-refractivity contribution is -0.141. The quantitative estimate of drug-likeness (QED) is 0.833. The molecule has 0 heterocycles. The minimum Gasteiger partial charge on any atom is -0.481 e. The topological polar surface area (TPSA) is 69.6 Å². The minimum atomic E-state index is -0.877. The van der Waals surface area contributed by atoms with Gasteiger partial charge in [0.1, 0.15) is 0 Å². The van der Waals surface area contributed by atoms with Crippen molar-refractivity contribution in [1.29, 1.82) is 0 Å². The molecule has 0 aromatic heterocycles. The van der Waals surface area contributed by atoms with E-state index < -0.39 is 11.9 Å². The zero-order chi connectivity index (χ0) is 15.5. The molecule has 1 aliphatic carbocycles. The van der Waals surface area contributed by atoms with Crippen LogP contribution in [0.3, 0.4) is 0 Å². The number of nitrogens with one attached hydrogen (secondary N) is 1. The number of hydrogen-bond acceptors (Lipinski definition) is 2. The smallest absolute Gasteiger partial charge is 0.317 e. The van der Waals surface area contributed by atoms with Gasteiger partial charge in [0.2, 0.25) is 0 Å². The van der Waals surface area contributed by atoms with Crippen LogP contribution in [0.25, 0.3) is 0 Å². The summed E-state index contributed by atoms with van der Waals surface area (Å²) < 4.78 is 0. The summed E-state index contributed by atoms with van der Waals surface area (Å²) in [5.74, 6) is -0.973. The first-order valence-electron chi connectivity index (χ1n) is 7.37. The van der Waals surface area contributed by atoms with Crippen LogP contribution in [0.4, 0.5) is 4.79 Å². The summed E-state index contributed by atoms with van der Waals surface area (Å²) in [6.07, 6.45) is 3.20. The van der Waals surface area contributed by atoms with Crippen LogP contribution in [0.1, 0.15) is 47.0 Å². The first-order chi connectivity index (χ1) is 9.12. The lowest BCUT2D eigenvalue weighted by Gasteiger charge is -2.40. The monoisotopic (exact) mass is 284 g/mol. The number of carboxylic acids is 1. The van der Waals surface area contributed by atoms with Crippen LogP contribution in [0.15, 0.2) is 0 Å². The fourth-order valence-corrected chi connectivity index (χ4v) is 3.00. The zero-order valence-electron chi connectivity index (χ0n) is 13.3. The van der Waals surface area contributed by atoms with Gasteiger partial charge >= 0.3 is 12.0 Å². The lowest BCUT2D eigenvalue weighted by Crippen LogP contribution is -2.49. The number of carbonyl (C=O) groups is 2. The Balaban J connectivity index is 2.48. The van der Waals surface area contributed by atoms with Gasteiger partial charge in [0.25, 0.3) is 0 Å². The molecule has 0 spiro atoms. The van der Waals surface area contributed by atoms with Crippen molar-refractivity contribution in [3.8, 4) is 0 Å². The van der Waals surface area contributed by atoms with Crippen LogP contribution < -0.4 is 5.32 Å². The van der Waals surface area contributed by atoms with Gasteiger partial charge in [-0.1, -0.05) is 27.7 Å². The number of carbonyl (C=O) groups excluding carboxylic acids is 1. The van der Waals surface area contributed by atoms with E-state index in [0.29, 0.717) is 11.3 Å². The third kappa shape index (κ3) is 4.69. The predicted molar refractivity (Wildman–Crippen MR) is 78.5 cm³/mol. The van der Waals surface area contributed by atoms with E-state index >= 15 is 0 Å². The van der Waals surface area contributed by atoms with Crippen molar-refractivity contribution in [2.24, 2.45) is 17.3 Å². The number of aliphatic carboxylic acids is 1. The van der Waals surface area contributed by atoms with Gasteiger partial charge in [-0.3, -0.25) is 4.79 Å². The predicted octanol–water partition coefficient (Wildman–Crippen LogP) is 2.56. The number of urea groups is 1. The second-order valence-electron chi connectivity index (χ2n) is 7.06. The summed E-state index contributed by atoms with van der Waals surface area (Å²) in [5, 5.41) is 11.9. The molecule has 1 rings (SSSR count). The van der Waals surface area contributed by atoms with Crippen molar-refractivity contribution in [2.45, 2.75) is 53.0 Å². The molecule has 1 aliphatic rings. The van der Waals surface area contributed by atoms with E-state index in [0.717, 1.165) is 19.3 Å². The van der Waals surface area contributed by atoms with Crippen LogP contribution in [0.2, 0.25) is 0 Å². The molecule has 3 atom stereocenters. The molecular weight excluding hydrogens is 256 g/mol. The Labute approximate surface area is 121 Å². The first kappa shape index (κ1) is 16.8. The number of nitrogens with zero attached hydrogens (tertiary/aromatic N) is 1. The van der Waals surface area contributed by atoms with E-state index in [9.17, 15) is 9.59 Å². The Morgan fingerprint density at radius 3 is 2.55 bits per heavy atom. The van der Waals surface area contributed by atoms with Gasteiger partial charge in [0.05, 0.1) is 5.92 Å². The van der Waals surface area contributed by atoms with E-state index in [4.69, 9.17) is 5.11 Å². The third-order valence-electron chi connectivity index (χ3n) is 4.32. The van der Waals surface area contributed by atoms with Crippen molar-refractivity contribution in [3.63, 3.8) is 0 Å². The molecule has 0 aromatic rings. The molecule has 1 fully saturated rings. The molecule has 0 aliphatic heterocycles. The van der Waals surface area contributed by atoms with Crippen molar-refractivity contribution in [1.82, 2.24) is 10.2 Å². The van der Waals surface area contributed by atoms with E-state index in [1.165, 1.54) is 4.90 Å². The molecule has 5 nitrogen and oxygen atoms in total. The van der Waals surface area contributed by atoms with Gasteiger partial charge in [0, 0.05) is 19.6 Å². The van der Waals surface area contributed by atoms with Gasteiger partial charge in [-0.15, -0.1) is 0 Å². The number of carboxylic acid groups (broad SMARTS) is 1. The number of rotatable bonds is 4. The highest BCUT2D eigenvalue weighted by Gasteiger charge is 2.33. The molecule has 0 bridgehead atoms. The van der Waals surface area contributed by atoms with Crippen molar-refractivity contribution in [3.05, 3.63) is 0 Å². The maximum absolute atomic E-state index is 12.1. The molecular formula is C15H28N2O3. The highest BCUT2D eigenvalue weighted by molar-refractivity contribution is 5.76. The van der Waals surface area contributed by atoms with Crippen molar-refractivity contribution in [2.75, 3.05) is 13.6 Å². The molecule has 0 radical (unpaired) electrons. The van der Waals surface area contributed by atoms with Crippen LogP contribution >= 0.6 is 0 Å². The Bertz CT molecular complexity index is 368. The Morgan fingerprint density at radius 1 is 1.45 bits per heavy atom. The number of hydrogen-bond donors (Lipinski definition) is 2. The van der Waals surface area contributed by atoms with E-state index in [1.807, 2.05) is 0 Å². The molecule has 3 unspecified atom stereocenters. The molecule has 1 saturated carbocycles. The summed E-state index contributed by atoms with van der Waals surface area (Å²) in [4.78, 5) is 24.4. The second kappa shape index (κ2) is 6.46. The second-order valence-corrected chi connectivity index (χ2v) is 7.06. The first-order valence-corrected chi connectivity index (χ1v) is 7.37. The van der Waals surface area contributed by atoms with Crippen LogP contribution in [0, 0.1) is 17.3 Å². The number of amides is 2. The molecule has 116 valence electrons. The summed E-state index contributed by atoms with van der Waals surface area (Å²) in [6.45, 7) is 8.54. The van der Waals surface area contributed by atoms with Crippen LogP contribution in [-0.4, -0.2) is 41.6 Å². The fourth-order valence-electron chi connectivity index (χ4n) is 3.00. The molecule has 0 aromatic carbocycles. The van der Waals surface area contributed by atoms with Gasteiger partial charge in [0.15, 0.2) is 0 Å². The van der Waals surface area contributed by atoms with Crippen molar-refractivity contribution >= 4 is 12.0 Å². The average Bonchev–Trinajstić information content (AvgIpc) is 2.31. The summed E-state index contributed by atoms with van der Waals surface area (Å²) in [6, 6.07) is 0.0211. The van der Waals surface area contributed by atoms with Gasteiger partial charge in [-0.25, -0.2) is 4.79 Å². The van der Waals surface area contributed by atoms with E-state index in [1.54, 1.807) is 14.0 Å². The van der Waals surface area contributed by atoms with E-state index in [-0.39, 0.29) is 18.6 Å². The Hall–Kier alpha value is -1.26. The Kier molecular flexibility index (Phi) is 5.42. The van der Waals surface area contributed by atoms with Gasteiger partial charge in [-0.2, -0.15) is 0 Å².